The van der Waals surface area contributed by atoms with Crippen molar-refractivity contribution < 1.29 is 24.2 Å². The zero-order valence-corrected chi connectivity index (χ0v) is 22.5. The van der Waals surface area contributed by atoms with Crippen molar-refractivity contribution in [2.75, 3.05) is 14.2 Å². The highest BCUT2D eigenvalue weighted by atomic mass is 16.5. The Morgan fingerprint density at radius 1 is 0.824 bits per heavy atom. The van der Waals surface area contributed by atoms with Gasteiger partial charge in [-0.3, -0.25) is 9.59 Å². The molecule has 0 aromatic carbocycles. The fourth-order valence-electron chi connectivity index (χ4n) is 3.98. The Balaban J connectivity index is 2.57. The Morgan fingerprint density at radius 3 is 1.85 bits per heavy atom. The predicted molar refractivity (Wildman–Crippen MR) is 138 cm³/mol. The monoisotopic (exact) mass is 472 g/mol. The van der Waals surface area contributed by atoms with Crippen LogP contribution >= 0.6 is 0 Å². The normalized spacial score (nSPS) is 17.2. The number of rotatable bonds is 14. The van der Waals surface area contributed by atoms with Gasteiger partial charge in [-0.15, -0.1) is 0 Å². The second-order valence-electron chi connectivity index (χ2n) is 9.82. The van der Waals surface area contributed by atoms with Crippen LogP contribution in [0.25, 0.3) is 0 Å². The summed E-state index contributed by atoms with van der Waals surface area (Å²) in [6.45, 7) is 12.0. The minimum atomic E-state index is -0.937. The quantitative estimate of drug-likeness (QED) is 0.225. The number of methoxy groups -OCH3 is 2. The molecule has 0 radical (unpaired) electrons. The number of allylic oxidation sites excluding steroid dienone is 8. The van der Waals surface area contributed by atoms with Gasteiger partial charge in [0.25, 0.3) is 0 Å². The van der Waals surface area contributed by atoms with Crippen molar-refractivity contribution in [1.29, 1.82) is 0 Å². The van der Waals surface area contributed by atoms with E-state index >= 15 is 0 Å². The van der Waals surface area contributed by atoms with Gasteiger partial charge in [0.15, 0.2) is 0 Å². The standard InChI is InChI=1S/C29H44O5/c1-20(2)12-9-13-21(3)14-10-15-22(4)16-11-18-29(6,32)19-17-24-23(5)25(30)27(33-7)28(34-8)26(24)31/h12,14,16,32H,9-11,13,15,17-19H2,1-8H3. The van der Waals surface area contributed by atoms with Crippen LogP contribution in [0.5, 0.6) is 0 Å². The molecule has 0 bridgehead atoms. The molecule has 0 aromatic rings. The lowest BCUT2D eigenvalue weighted by Crippen LogP contribution is -2.28. The van der Waals surface area contributed by atoms with Crippen LogP contribution in [0.15, 0.2) is 57.6 Å². The van der Waals surface area contributed by atoms with Crippen LogP contribution < -0.4 is 0 Å². The van der Waals surface area contributed by atoms with Crippen molar-refractivity contribution in [3.05, 3.63) is 57.6 Å². The van der Waals surface area contributed by atoms with Crippen molar-refractivity contribution in [2.45, 2.75) is 98.5 Å². The van der Waals surface area contributed by atoms with Crippen molar-refractivity contribution in [1.82, 2.24) is 0 Å². The largest absolute Gasteiger partial charge is 0.489 e. The molecule has 1 aliphatic rings. The fraction of sp³-hybridized carbons (Fsp3) is 0.586. The van der Waals surface area contributed by atoms with Crippen LogP contribution in [-0.4, -0.2) is 36.5 Å². The zero-order valence-electron chi connectivity index (χ0n) is 22.5. The summed E-state index contributed by atoms with van der Waals surface area (Å²) in [4.78, 5) is 25.3. The summed E-state index contributed by atoms with van der Waals surface area (Å²) in [6, 6.07) is 0. The molecule has 1 unspecified atom stereocenters. The molecule has 34 heavy (non-hydrogen) atoms. The molecule has 0 saturated heterocycles. The first-order valence-corrected chi connectivity index (χ1v) is 12.2. The number of Topliss-reactive ketones (excluding diaryl/α,β-unsaturated/α-hetero) is 2. The Kier molecular flexibility index (Phi) is 12.3. The molecule has 0 fully saturated rings. The van der Waals surface area contributed by atoms with E-state index in [1.165, 1.54) is 30.9 Å². The molecule has 1 rings (SSSR count). The Bertz CT molecular complexity index is 889. The highest BCUT2D eigenvalue weighted by molar-refractivity contribution is 6.23. The third kappa shape index (κ3) is 9.46. The van der Waals surface area contributed by atoms with Crippen LogP contribution in [0, 0.1) is 0 Å². The Labute approximate surface area is 206 Å². The fourth-order valence-corrected chi connectivity index (χ4v) is 3.98. The van der Waals surface area contributed by atoms with Crippen molar-refractivity contribution in [3.8, 4) is 0 Å². The van der Waals surface area contributed by atoms with E-state index in [2.05, 4.69) is 45.9 Å². The highest BCUT2D eigenvalue weighted by Crippen LogP contribution is 2.31. The third-order valence-electron chi connectivity index (χ3n) is 6.31. The summed E-state index contributed by atoms with van der Waals surface area (Å²) in [5.41, 5.74) is 3.92. The van der Waals surface area contributed by atoms with Crippen molar-refractivity contribution >= 4 is 11.6 Å². The van der Waals surface area contributed by atoms with Gasteiger partial charge in [-0.2, -0.15) is 0 Å². The topological polar surface area (TPSA) is 72.8 Å². The predicted octanol–water partition coefficient (Wildman–Crippen LogP) is 6.69. The summed E-state index contributed by atoms with van der Waals surface area (Å²) in [7, 11) is 2.70. The lowest BCUT2D eigenvalue weighted by molar-refractivity contribution is -0.121. The average Bonchev–Trinajstić information content (AvgIpc) is 2.75. The molecule has 0 amide bonds. The zero-order chi connectivity index (χ0) is 25.9. The first-order valence-electron chi connectivity index (χ1n) is 12.2. The van der Waals surface area contributed by atoms with Crippen molar-refractivity contribution in [3.63, 3.8) is 0 Å². The minimum absolute atomic E-state index is 0.0564. The van der Waals surface area contributed by atoms with Crippen LogP contribution in [-0.2, 0) is 19.1 Å². The van der Waals surface area contributed by atoms with Crippen LogP contribution in [0.3, 0.4) is 0 Å². The van der Waals surface area contributed by atoms with Gasteiger partial charge >= 0.3 is 0 Å². The van der Waals surface area contributed by atoms with Gasteiger partial charge in [0, 0.05) is 11.1 Å². The Morgan fingerprint density at radius 2 is 1.32 bits per heavy atom. The number of hydrogen-bond donors (Lipinski definition) is 1. The second kappa shape index (κ2) is 14.1. The molecular formula is C29H44O5. The van der Waals surface area contributed by atoms with E-state index in [1.54, 1.807) is 13.8 Å². The van der Waals surface area contributed by atoms with Crippen LogP contribution in [0.4, 0.5) is 0 Å². The summed E-state index contributed by atoms with van der Waals surface area (Å²) >= 11 is 0. The van der Waals surface area contributed by atoms with Gasteiger partial charge in [-0.25, -0.2) is 0 Å². The van der Waals surface area contributed by atoms with E-state index in [1.807, 2.05) is 0 Å². The molecular weight excluding hydrogens is 428 g/mol. The number of hydrogen-bond acceptors (Lipinski definition) is 5. The second-order valence-corrected chi connectivity index (χ2v) is 9.82. The van der Waals surface area contributed by atoms with Gasteiger partial charge in [0.2, 0.25) is 23.1 Å². The maximum absolute atomic E-state index is 12.8. The molecule has 1 atom stereocenters. The van der Waals surface area contributed by atoms with Gasteiger partial charge in [0.05, 0.1) is 19.8 Å². The summed E-state index contributed by atoms with van der Waals surface area (Å²) < 4.78 is 10.2. The maximum Gasteiger partial charge on any atom is 0.228 e. The average molecular weight is 473 g/mol. The molecule has 0 aliphatic heterocycles. The molecule has 5 heteroatoms. The number of ether oxygens (including phenoxy) is 2. The molecule has 0 spiro atoms. The van der Waals surface area contributed by atoms with E-state index in [9.17, 15) is 14.7 Å². The molecule has 0 aromatic heterocycles. The van der Waals surface area contributed by atoms with Gasteiger partial charge in [-0.05, 0) is 92.9 Å². The number of carbonyl (C=O) groups is 2. The lowest BCUT2D eigenvalue weighted by Gasteiger charge is -2.25. The number of carbonyl (C=O) groups excluding carboxylic acids is 2. The molecule has 5 nitrogen and oxygen atoms in total. The minimum Gasteiger partial charge on any atom is -0.489 e. The summed E-state index contributed by atoms with van der Waals surface area (Å²) in [6.07, 6.45) is 13.1. The first-order chi connectivity index (χ1) is 15.9. The molecule has 0 heterocycles. The molecule has 1 aliphatic carbocycles. The SMILES string of the molecule is COC1=C(OC)C(=O)C(CCC(C)(O)CCC=C(C)CCC=C(C)CCC=C(C)C)=C(C)C1=O. The summed E-state index contributed by atoms with van der Waals surface area (Å²) in [5, 5.41) is 10.9. The molecule has 1 N–H and O–H groups in total. The molecule has 0 saturated carbocycles. The van der Waals surface area contributed by atoms with E-state index in [4.69, 9.17) is 9.47 Å². The van der Waals surface area contributed by atoms with Gasteiger partial charge in [-0.1, -0.05) is 34.9 Å². The highest BCUT2D eigenvalue weighted by Gasteiger charge is 2.35. The van der Waals surface area contributed by atoms with E-state index in [0.717, 1.165) is 32.1 Å². The Hall–Kier alpha value is -2.40. The lowest BCUT2D eigenvalue weighted by atomic mass is 9.85. The first kappa shape index (κ1) is 29.6. The maximum atomic E-state index is 12.8. The van der Waals surface area contributed by atoms with Crippen LogP contribution in [0.2, 0.25) is 0 Å². The summed E-state index contributed by atoms with van der Waals surface area (Å²) in [5.74, 6) is -0.799. The van der Waals surface area contributed by atoms with Gasteiger partial charge in [0.1, 0.15) is 0 Å². The molecule has 190 valence electrons. The third-order valence-corrected chi connectivity index (χ3v) is 6.31. The van der Waals surface area contributed by atoms with E-state index < -0.39 is 5.60 Å². The number of aliphatic hydroxyl groups is 1. The van der Waals surface area contributed by atoms with E-state index in [-0.39, 0.29) is 23.1 Å². The van der Waals surface area contributed by atoms with Crippen molar-refractivity contribution in [2.24, 2.45) is 0 Å². The number of ketones is 2. The smallest absolute Gasteiger partial charge is 0.228 e. The van der Waals surface area contributed by atoms with E-state index in [0.29, 0.717) is 30.4 Å². The van der Waals surface area contributed by atoms with Gasteiger partial charge < -0.3 is 14.6 Å². The van der Waals surface area contributed by atoms with Crippen LogP contribution in [0.1, 0.15) is 92.9 Å².